The number of likely N-dealkylation sites (N-methyl/N-ethyl adjacent to an activating group) is 1. The van der Waals surface area contributed by atoms with Gasteiger partial charge in [-0.15, -0.1) is 0 Å². The third kappa shape index (κ3) is 8.70. The van der Waals surface area contributed by atoms with E-state index in [0.29, 0.717) is 35.0 Å². The summed E-state index contributed by atoms with van der Waals surface area (Å²) in [7, 11) is 1.21. The maximum absolute atomic E-state index is 13.1. The van der Waals surface area contributed by atoms with Crippen LogP contribution in [0.4, 0.5) is 5.69 Å². The highest BCUT2D eigenvalue weighted by molar-refractivity contribution is 7.89. The SMILES string of the molecule is C=C/C(=C\N=C(/C)NCCN(C)c1ccncc1)NC(=O)CCN(C)S(=O)(=O)c1c(C)cc(OC)cc1C. The van der Waals surface area contributed by atoms with Crippen molar-refractivity contribution in [2.45, 2.75) is 32.1 Å². The van der Waals surface area contributed by atoms with E-state index in [1.54, 1.807) is 38.4 Å². The number of ether oxygens (including phenoxy) is 1. The molecule has 0 bridgehead atoms. The zero-order valence-electron chi connectivity index (χ0n) is 23.0. The van der Waals surface area contributed by atoms with Crippen molar-refractivity contribution in [2.24, 2.45) is 4.99 Å². The normalized spacial score (nSPS) is 12.3. The molecule has 1 amide bonds. The Morgan fingerprint density at radius 3 is 2.37 bits per heavy atom. The Kier molecular flexibility index (Phi) is 11.5. The highest BCUT2D eigenvalue weighted by atomic mass is 32.2. The van der Waals surface area contributed by atoms with Gasteiger partial charge in [0, 0.05) is 58.2 Å². The standard InChI is InChI=1S/C27H38N6O4S/c1-8-23(19-30-22(4)29-14-16-32(5)24-9-12-28-13-10-24)31-26(34)11-15-33(6)38(35,36)27-20(2)17-25(37-7)18-21(27)3/h8-10,12-13,17-19H,1,11,14-16H2,2-7H3,(H,29,30)(H,31,34)/b23-19+. The zero-order valence-corrected chi connectivity index (χ0v) is 23.8. The van der Waals surface area contributed by atoms with Crippen LogP contribution in [0.2, 0.25) is 0 Å². The molecule has 0 fully saturated rings. The number of carbonyl (C=O) groups excluding carboxylic acids is 1. The molecule has 0 radical (unpaired) electrons. The second kappa shape index (κ2) is 14.3. The minimum Gasteiger partial charge on any atom is -0.497 e. The predicted octanol–water partition coefficient (Wildman–Crippen LogP) is 3.01. The Hall–Kier alpha value is -3.70. The molecule has 10 nitrogen and oxygen atoms in total. The molecule has 38 heavy (non-hydrogen) atoms. The molecule has 0 atom stereocenters. The smallest absolute Gasteiger partial charge is 0.243 e. The number of pyridine rings is 1. The second-order valence-corrected chi connectivity index (χ2v) is 10.8. The largest absolute Gasteiger partial charge is 0.497 e. The number of nitrogens with zero attached hydrogens (tertiary/aromatic N) is 4. The maximum atomic E-state index is 13.1. The molecule has 1 aromatic carbocycles. The van der Waals surface area contributed by atoms with Crippen molar-refractivity contribution >= 4 is 27.5 Å². The van der Waals surface area contributed by atoms with Gasteiger partial charge in [0.25, 0.3) is 0 Å². The van der Waals surface area contributed by atoms with Crippen molar-refractivity contribution in [1.82, 2.24) is 19.9 Å². The number of hydrogen-bond donors (Lipinski definition) is 2. The molecule has 2 aromatic rings. The average molecular weight is 543 g/mol. The van der Waals surface area contributed by atoms with Gasteiger partial charge in [0.1, 0.15) is 5.75 Å². The molecule has 1 heterocycles. The lowest BCUT2D eigenvalue weighted by Gasteiger charge is -2.20. The molecular weight excluding hydrogens is 504 g/mol. The van der Waals surface area contributed by atoms with Crippen molar-refractivity contribution in [1.29, 1.82) is 0 Å². The molecule has 0 aliphatic carbocycles. The van der Waals surface area contributed by atoms with Gasteiger partial charge in [0.2, 0.25) is 15.9 Å². The molecular formula is C27H38N6O4S. The van der Waals surface area contributed by atoms with Gasteiger partial charge in [0.15, 0.2) is 0 Å². The number of aliphatic imine (C=N–C) groups is 1. The Bertz CT molecular complexity index is 1250. The van der Waals surface area contributed by atoms with Gasteiger partial charge in [-0.25, -0.2) is 17.7 Å². The van der Waals surface area contributed by atoms with Crippen molar-refractivity contribution in [2.75, 3.05) is 45.7 Å². The highest BCUT2D eigenvalue weighted by Crippen LogP contribution is 2.27. The topological polar surface area (TPSA) is 116 Å². The maximum Gasteiger partial charge on any atom is 0.243 e. The molecule has 0 spiro atoms. The number of aromatic nitrogens is 1. The molecule has 2 rings (SSSR count). The molecule has 2 N–H and O–H groups in total. The fourth-order valence-corrected chi connectivity index (χ4v) is 5.25. The van der Waals surface area contributed by atoms with E-state index in [1.807, 2.05) is 26.1 Å². The van der Waals surface area contributed by atoms with E-state index < -0.39 is 10.0 Å². The van der Waals surface area contributed by atoms with Crippen LogP contribution in [-0.2, 0) is 14.8 Å². The molecule has 0 saturated carbocycles. The van der Waals surface area contributed by atoms with Crippen LogP contribution >= 0.6 is 0 Å². The van der Waals surface area contributed by atoms with Crippen LogP contribution in [0.5, 0.6) is 5.75 Å². The Balaban J connectivity index is 1.90. The molecule has 0 aliphatic rings. The van der Waals surface area contributed by atoms with Crippen LogP contribution in [0.3, 0.4) is 0 Å². The monoisotopic (exact) mass is 542 g/mol. The van der Waals surface area contributed by atoms with Gasteiger partial charge in [-0.3, -0.25) is 9.78 Å². The number of benzene rings is 1. The number of carbonyl (C=O) groups is 1. The van der Waals surface area contributed by atoms with E-state index in [1.165, 1.54) is 30.7 Å². The number of rotatable bonds is 13. The van der Waals surface area contributed by atoms with Crippen LogP contribution in [0.25, 0.3) is 0 Å². The van der Waals surface area contributed by atoms with Gasteiger partial charge in [-0.05, 0) is 62.2 Å². The average Bonchev–Trinajstić information content (AvgIpc) is 2.89. The summed E-state index contributed by atoms with van der Waals surface area (Å²) in [5, 5.41) is 5.94. The van der Waals surface area contributed by atoms with E-state index in [0.717, 1.165) is 12.2 Å². The molecule has 0 aliphatic heterocycles. The first-order chi connectivity index (χ1) is 18.0. The fourth-order valence-electron chi connectivity index (χ4n) is 3.67. The van der Waals surface area contributed by atoms with E-state index in [2.05, 4.69) is 32.1 Å². The van der Waals surface area contributed by atoms with Gasteiger partial charge in [-0.2, -0.15) is 0 Å². The third-order valence-electron chi connectivity index (χ3n) is 5.82. The summed E-state index contributed by atoms with van der Waals surface area (Å²) < 4.78 is 32.7. The lowest BCUT2D eigenvalue weighted by atomic mass is 10.1. The van der Waals surface area contributed by atoms with Gasteiger partial charge in [-0.1, -0.05) is 6.58 Å². The van der Waals surface area contributed by atoms with Gasteiger partial charge >= 0.3 is 0 Å². The first-order valence-corrected chi connectivity index (χ1v) is 13.6. The number of hydrogen-bond acceptors (Lipinski definition) is 7. The first-order valence-electron chi connectivity index (χ1n) is 12.1. The Morgan fingerprint density at radius 1 is 1.16 bits per heavy atom. The molecule has 206 valence electrons. The van der Waals surface area contributed by atoms with E-state index in [9.17, 15) is 13.2 Å². The van der Waals surface area contributed by atoms with Crippen molar-refractivity contribution in [3.05, 3.63) is 72.3 Å². The van der Waals surface area contributed by atoms with Crippen LogP contribution in [0.1, 0.15) is 24.5 Å². The summed E-state index contributed by atoms with van der Waals surface area (Å²) in [5.41, 5.74) is 2.65. The van der Waals surface area contributed by atoms with E-state index in [-0.39, 0.29) is 23.8 Å². The van der Waals surface area contributed by atoms with Gasteiger partial charge in [0.05, 0.1) is 29.7 Å². The summed E-state index contributed by atoms with van der Waals surface area (Å²) in [5.74, 6) is 0.925. The highest BCUT2D eigenvalue weighted by Gasteiger charge is 2.25. The summed E-state index contributed by atoms with van der Waals surface area (Å²) in [4.78, 5) is 23.2. The molecule has 11 heteroatoms. The number of amidine groups is 1. The van der Waals surface area contributed by atoms with E-state index >= 15 is 0 Å². The van der Waals surface area contributed by atoms with Crippen LogP contribution in [-0.4, -0.2) is 70.3 Å². The second-order valence-electron chi connectivity index (χ2n) is 8.77. The fraction of sp³-hybridized carbons (Fsp3) is 0.370. The van der Waals surface area contributed by atoms with Crippen molar-refractivity contribution < 1.29 is 17.9 Å². The Labute approximate surface area is 226 Å². The van der Waals surface area contributed by atoms with Crippen LogP contribution in [0.15, 0.2) is 71.1 Å². The number of aryl methyl sites for hydroxylation is 2. The number of nitrogens with one attached hydrogen (secondary N) is 2. The summed E-state index contributed by atoms with van der Waals surface area (Å²) in [6.07, 6.45) is 6.46. The predicted molar refractivity (Wildman–Crippen MR) is 152 cm³/mol. The van der Waals surface area contributed by atoms with Crippen molar-refractivity contribution in [3.8, 4) is 5.75 Å². The van der Waals surface area contributed by atoms with E-state index in [4.69, 9.17) is 4.74 Å². The minimum absolute atomic E-state index is 0.0122. The molecule has 0 unspecified atom stereocenters. The third-order valence-corrected chi connectivity index (χ3v) is 7.99. The number of methoxy groups -OCH3 is 1. The summed E-state index contributed by atoms with van der Waals surface area (Å²) in [6, 6.07) is 7.24. The quantitative estimate of drug-likeness (QED) is 0.227. The molecule has 1 aromatic heterocycles. The summed E-state index contributed by atoms with van der Waals surface area (Å²) in [6.45, 7) is 10.4. The van der Waals surface area contributed by atoms with Crippen LogP contribution in [0, 0.1) is 13.8 Å². The number of anilines is 1. The number of allylic oxidation sites excluding steroid dienone is 1. The Morgan fingerprint density at radius 2 is 1.79 bits per heavy atom. The van der Waals surface area contributed by atoms with Crippen LogP contribution < -0.4 is 20.3 Å². The lowest BCUT2D eigenvalue weighted by Crippen LogP contribution is -2.33. The molecule has 0 saturated heterocycles. The lowest BCUT2D eigenvalue weighted by molar-refractivity contribution is -0.120. The zero-order chi connectivity index (χ0) is 28.3. The number of amides is 1. The number of sulfonamides is 1. The van der Waals surface area contributed by atoms with Gasteiger partial charge < -0.3 is 20.3 Å². The van der Waals surface area contributed by atoms with Crippen molar-refractivity contribution in [3.63, 3.8) is 0 Å². The summed E-state index contributed by atoms with van der Waals surface area (Å²) >= 11 is 0. The first kappa shape index (κ1) is 30.5. The minimum atomic E-state index is -3.78.